The third kappa shape index (κ3) is 4.63. The van der Waals surface area contributed by atoms with Gasteiger partial charge < -0.3 is 4.57 Å². The van der Waals surface area contributed by atoms with Crippen LogP contribution < -0.4 is 0 Å². The van der Waals surface area contributed by atoms with E-state index in [1.807, 2.05) is 72.3 Å². The van der Waals surface area contributed by atoms with Crippen LogP contribution in [-0.4, -0.2) is 29.6 Å². The predicted molar refractivity (Wildman–Crippen MR) is 155 cm³/mol. The Labute approximate surface area is 240 Å². The number of rotatable bonds is 6. The van der Waals surface area contributed by atoms with Gasteiger partial charge in [-0.1, -0.05) is 53.5 Å². The molecule has 38 heavy (non-hydrogen) atoms. The SMILES string of the molecule is Cl.Cn1cncc1C(Cl)(c1ccc(Cl)cc1)c1ccc2c(c1)c(CCc1cccc(Cl)c1)cc1nnnn12. The molecule has 3 aromatic heterocycles. The molecule has 0 aliphatic rings. The number of pyridine rings is 1. The molecule has 0 aliphatic heterocycles. The van der Waals surface area contributed by atoms with Gasteiger partial charge in [0.05, 0.1) is 23.7 Å². The fourth-order valence-corrected chi connectivity index (χ4v) is 5.66. The van der Waals surface area contributed by atoms with E-state index >= 15 is 0 Å². The molecule has 3 aromatic carbocycles. The molecule has 1 atom stereocenters. The van der Waals surface area contributed by atoms with E-state index in [1.54, 1.807) is 17.0 Å². The van der Waals surface area contributed by atoms with Gasteiger partial charge in [-0.25, -0.2) is 4.98 Å². The van der Waals surface area contributed by atoms with E-state index < -0.39 is 4.87 Å². The second-order valence-corrected chi connectivity index (χ2v) is 10.5. The molecule has 0 radical (unpaired) electrons. The summed E-state index contributed by atoms with van der Waals surface area (Å²) in [5, 5.41) is 14.7. The quantitative estimate of drug-likeness (QED) is 0.197. The lowest BCUT2D eigenvalue weighted by Crippen LogP contribution is -2.25. The summed E-state index contributed by atoms with van der Waals surface area (Å²) in [5.74, 6) is 0. The zero-order valence-electron chi connectivity index (χ0n) is 20.2. The number of aryl methyl sites for hydroxylation is 3. The number of alkyl halides is 1. The molecular formula is C28H22Cl4N6. The fourth-order valence-electron chi connectivity index (χ4n) is 4.89. The Morgan fingerprint density at radius 1 is 0.868 bits per heavy atom. The summed E-state index contributed by atoms with van der Waals surface area (Å²) >= 11 is 20.0. The molecule has 6 aromatic rings. The van der Waals surface area contributed by atoms with Crippen molar-refractivity contribution in [2.75, 3.05) is 0 Å². The van der Waals surface area contributed by atoms with Crippen LogP contribution in [0, 0.1) is 0 Å². The summed E-state index contributed by atoms with van der Waals surface area (Å²) in [6, 6.07) is 23.8. The van der Waals surface area contributed by atoms with Gasteiger partial charge in [0.2, 0.25) is 0 Å². The largest absolute Gasteiger partial charge is 0.336 e. The normalized spacial score (nSPS) is 12.9. The fraction of sp³-hybridized carbons (Fsp3) is 0.143. The van der Waals surface area contributed by atoms with Gasteiger partial charge in [0.25, 0.3) is 0 Å². The molecule has 6 nitrogen and oxygen atoms in total. The maximum absolute atomic E-state index is 7.59. The maximum Gasteiger partial charge on any atom is 0.180 e. The van der Waals surface area contributed by atoms with Gasteiger partial charge in [0.1, 0.15) is 4.87 Å². The van der Waals surface area contributed by atoms with E-state index in [0.29, 0.717) is 10.7 Å². The van der Waals surface area contributed by atoms with Gasteiger partial charge in [-0.3, -0.25) is 0 Å². The first kappa shape index (κ1) is 26.4. The van der Waals surface area contributed by atoms with Gasteiger partial charge in [-0.2, -0.15) is 4.52 Å². The summed E-state index contributed by atoms with van der Waals surface area (Å²) in [6.07, 6.45) is 5.16. The second-order valence-electron chi connectivity index (χ2n) is 9.04. The summed E-state index contributed by atoms with van der Waals surface area (Å²) in [6.45, 7) is 0. The first-order chi connectivity index (χ1) is 17.9. The Morgan fingerprint density at radius 3 is 2.39 bits per heavy atom. The second kappa shape index (κ2) is 10.5. The van der Waals surface area contributed by atoms with Gasteiger partial charge in [-0.05, 0) is 88.0 Å². The highest BCUT2D eigenvalue weighted by atomic mass is 35.5. The standard InChI is InChI=1S/C28H21Cl3N6.ClH/c1-36-17-32-16-26(36)28(31,20-7-10-22(29)11-8-20)21-9-12-25-24(15-21)19(14-27-33-34-35-37(25)27)6-5-18-3-2-4-23(30)13-18;/h2-4,7-17H,5-6H2,1H3;1H. The van der Waals surface area contributed by atoms with Crippen molar-refractivity contribution in [1.29, 1.82) is 0 Å². The molecule has 0 aliphatic carbocycles. The van der Waals surface area contributed by atoms with Crippen LogP contribution in [0.25, 0.3) is 16.6 Å². The zero-order valence-corrected chi connectivity index (χ0v) is 23.3. The number of nitrogens with zero attached hydrogens (tertiary/aromatic N) is 6. The first-order valence-corrected chi connectivity index (χ1v) is 12.9. The van der Waals surface area contributed by atoms with Gasteiger partial charge in [0, 0.05) is 22.5 Å². The molecule has 0 bridgehead atoms. The number of tetrazole rings is 1. The van der Waals surface area contributed by atoms with Crippen LogP contribution in [0.1, 0.15) is 27.9 Å². The molecule has 3 heterocycles. The number of aromatic nitrogens is 6. The molecular weight excluding hydrogens is 562 g/mol. The summed E-state index contributed by atoms with van der Waals surface area (Å²) in [4.78, 5) is 3.36. The van der Waals surface area contributed by atoms with Crippen LogP contribution in [0.15, 0.2) is 85.3 Å². The highest BCUT2D eigenvalue weighted by Gasteiger charge is 2.37. The minimum absolute atomic E-state index is 0. The Kier molecular flexibility index (Phi) is 7.34. The molecule has 0 saturated carbocycles. The number of halogens is 4. The highest BCUT2D eigenvalue weighted by molar-refractivity contribution is 6.31. The number of hydrogen-bond acceptors (Lipinski definition) is 4. The van der Waals surface area contributed by atoms with Gasteiger partial charge in [-0.15, -0.1) is 29.1 Å². The topological polar surface area (TPSA) is 60.9 Å². The van der Waals surface area contributed by atoms with Crippen molar-refractivity contribution >= 4 is 63.8 Å². The predicted octanol–water partition coefficient (Wildman–Crippen LogP) is 7.06. The summed E-state index contributed by atoms with van der Waals surface area (Å²) < 4.78 is 3.70. The third-order valence-corrected chi connectivity index (χ3v) is 7.87. The third-order valence-electron chi connectivity index (χ3n) is 6.75. The Morgan fingerprint density at radius 2 is 1.66 bits per heavy atom. The van der Waals surface area contributed by atoms with Crippen molar-refractivity contribution in [3.8, 4) is 0 Å². The molecule has 192 valence electrons. The van der Waals surface area contributed by atoms with Crippen LogP contribution in [-0.2, 0) is 24.8 Å². The van der Waals surface area contributed by atoms with E-state index in [4.69, 9.17) is 34.8 Å². The van der Waals surface area contributed by atoms with Crippen molar-refractivity contribution in [1.82, 2.24) is 29.6 Å². The first-order valence-electron chi connectivity index (χ1n) is 11.7. The average Bonchev–Trinajstić information content (AvgIpc) is 3.56. The van der Waals surface area contributed by atoms with Crippen molar-refractivity contribution in [2.45, 2.75) is 17.7 Å². The maximum atomic E-state index is 7.59. The average molecular weight is 584 g/mol. The van der Waals surface area contributed by atoms with Crippen LogP contribution in [0.4, 0.5) is 0 Å². The van der Waals surface area contributed by atoms with Crippen LogP contribution in [0.3, 0.4) is 0 Å². The van der Waals surface area contributed by atoms with Crippen molar-refractivity contribution < 1.29 is 0 Å². The number of hydrogen-bond donors (Lipinski definition) is 0. The molecule has 0 fully saturated rings. The zero-order chi connectivity index (χ0) is 25.6. The van der Waals surface area contributed by atoms with Crippen molar-refractivity contribution in [2.24, 2.45) is 7.05 Å². The molecule has 6 rings (SSSR count). The Hall–Kier alpha value is -3.16. The van der Waals surface area contributed by atoms with E-state index in [2.05, 4.69) is 32.6 Å². The summed E-state index contributed by atoms with van der Waals surface area (Å²) in [5.41, 5.74) is 6.54. The van der Waals surface area contributed by atoms with Crippen molar-refractivity contribution in [3.05, 3.63) is 123 Å². The smallest absolute Gasteiger partial charge is 0.180 e. The van der Waals surface area contributed by atoms with Gasteiger partial charge >= 0.3 is 0 Å². The molecule has 1 unspecified atom stereocenters. The molecule has 10 heteroatoms. The van der Waals surface area contributed by atoms with Crippen LogP contribution in [0.5, 0.6) is 0 Å². The van der Waals surface area contributed by atoms with E-state index in [-0.39, 0.29) is 12.4 Å². The lowest BCUT2D eigenvalue weighted by Gasteiger charge is -2.29. The van der Waals surface area contributed by atoms with Gasteiger partial charge in [0.15, 0.2) is 5.65 Å². The van der Waals surface area contributed by atoms with E-state index in [0.717, 1.165) is 51.2 Å². The molecule has 0 saturated heterocycles. The van der Waals surface area contributed by atoms with Crippen LogP contribution in [0.2, 0.25) is 10.0 Å². The van der Waals surface area contributed by atoms with Crippen molar-refractivity contribution in [3.63, 3.8) is 0 Å². The van der Waals surface area contributed by atoms with E-state index in [9.17, 15) is 0 Å². The Bertz CT molecular complexity index is 1740. The minimum atomic E-state index is -0.996. The monoisotopic (exact) mass is 582 g/mol. The highest BCUT2D eigenvalue weighted by Crippen LogP contribution is 2.44. The number of imidazole rings is 1. The number of benzene rings is 3. The summed E-state index contributed by atoms with van der Waals surface area (Å²) in [7, 11) is 1.94. The molecule has 0 amide bonds. The minimum Gasteiger partial charge on any atom is -0.336 e. The Balaban J connectivity index is 0.00000294. The molecule has 0 N–H and O–H groups in total. The number of fused-ring (bicyclic) bond motifs is 3. The van der Waals surface area contributed by atoms with Crippen LogP contribution >= 0.6 is 47.2 Å². The molecule has 0 spiro atoms. The lowest BCUT2D eigenvalue weighted by atomic mass is 9.86. The lowest BCUT2D eigenvalue weighted by molar-refractivity contribution is 0.746. The van der Waals surface area contributed by atoms with E-state index in [1.165, 1.54) is 5.56 Å².